The largest absolute Gasteiger partial charge is 0.343 e. The number of rotatable bonds is 0. The molecule has 0 fully saturated rings. The van der Waals surface area contributed by atoms with Gasteiger partial charge in [-0.05, 0) is 18.6 Å². The second kappa shape index (κ2) is 4.94. The molecule has 6 heteroatoms. The van der Waals surface area contributed by atoms with Gasteiger partial charge >= 0.3 is 5.69 Å². The summed E-state index contributed by atoms with van der Waals surface area (Å²) in [5.41, 5.74) is -0.0671. The normalized spacial score (nSPS) is 12.8. The average molecular weight is 239 g/mol. The Morgan fingerprint density at radius 3 is 2.94 bits per heavy atom. The third-order valence-electron chi connectivity index (χ3n) is 2.24. The number of fused-ring (bicyclic) bond motifs is 1. The van der Waals surface area contributed by atoms with Crippen molar-refractivity contribution in [2.75, 3.05) is 0 Å². The fraction of sp³-hybridized carbons (Fsp3) is 0.300. The van der Waals surface area contributed by atoms with Crippen LogP contribution >= 0.6 is 11.6 Å². The molecule has 1 N–H and O–H groups in total. The minimum absolute atomic E-state index is 0.0671. The first-order chi connectivity index (χ1) is 7.77. The van der Waals surface area contributed by atoms with E-state index in [-0.39, 0.29) is 5.69 Å². The van der Waals surface area contributed by atoms with Crippen LogP contribution in [0.2, 0.25) is 5.02 Å². The summed E-state index contributed by atoms with van der Waals surface area (Å²) in [4.78, 5) is 14.5. The SMILES string of the molecule is Clc1cccnc1.O=c1[nH]nc2n1CCC2. The van der Waals surface area contributed by atoms with Gasteiger partial charge in [0.2, 0.25) is 0 Å². The number of H-pyrrole nitrogens is 1. The molecule has 1 aliphatic heterocycles. The molecule has 2 aromatic heterocycles. The van der Waals surface area contributed by atoms with Crippen molar-refractivity contribution in [3.05, 3.63) is 45.9 Å². The fourth-order valence-corrected chi connectivity index (χ4v) is 1.64. The Kier molecular flexibility index (Phi) is 3.36. The molecule has 0 aliphatic carbocycles. The van der Waals surface area contributed by atoms with E-state index in [0.717, 1.165) is 25.2 Å². The number of pyridine rings is 1. The monoisotopic (exact) mass is 238 g/mol. The van der Waals surface area contributed by atoms with Gasteiger partial charge in [0.1, 0.15) is 5.82 Å². The molecule has 2 aromatic rings. The molecular weight excluding hydrogens is 228 g/mol. The van der Waals surface area contributed by atoms with Crippen LogP contribution in [0.3, 0.4) is 0 Å². The standard InChI is InChI=1S/C5H4ClN.C5H7N3O/c6-5-2-1-3-7-4-5;9-5-7-6-4-2-1-3-8(4)5/h1-4H;1-3H2,(H,7,9). The Hall–Kier alpha value is -1.62. The summed E-state index contributed by atoms with van der Waals surface area (Å²) in [5.74, 6) is 0.903. The summed E-state index contributed by atoms with van der Waals surface area (Å²) in [6.07, 6.45) is 5.29. The van der Waals surface area contributed by atoms with Gasteiger partial charge < -0.3 is 0 Å². The lowest BCUT2D eigenvalue weighted by Gasteiger charge is -1.85. The Bertz CT molecular complexity index is 505. The first-order valence-corrected chi connectivity index (χ1v) is 5.35. The van der Waals surface area contributed by atoms with E-state index in [9.17, 15) is 4.79 Å². The van der Waals surface area contributed by atoms with E-state index in [2.05, 4.69) is 15.2 Å². The van der Waals surface area contributed by atoms with Crippen molar-refractivity contribution in [2.24, 2.45) is 0 Å². The Morgan fingerprint density at radius 1 is 1.50 bits per heavy atom. The molecule has 5 nitrogen and oxygen atoms in total. The number of aryl methyl sites for hydroxylation is 1. The van der Waals surface area contributed by atoms with Crippen LogP contribution in [0.15, 0.2) is 29.3 Å². The second-order valence-corrected chi connectivity index (χ2v) is 3.81. The van der Waals surface area contributed by atoms with Crippen LogP contribution in [0.25, 0.3) is 0 Å². The Morgan fingerprint density at radius 2 is 2.38 bits per heavy atom. The molecule has 0 saturated heterocycles. The van der Waals surface area contributed by atoms with Crippen molar-refractivity contribution in [3.8, 4) is 0 Å². The maximum atomic E-state index is 10.8. The van der Waals surface area contributed by atoms with E-state index < -0.39 is 0 Å². The van der Waals surface area contributed by atoms with Gasteiger partial charge in [-0.25, -0.2) is 9.89 Å². The van der Waals surface area contributed by atoms with E-state index in [4.69, 9.17) is 11.6 Å². The number of nitrogens with one attached hydrogen (secondary N) is 1. The summed E-state index contributed by atoms with van der Waals surface area (Å²) < 4.78 is 1.68. The van der Waals surface area contributed by atoms with Gasteiger partial charge in [-0.2, -0.15) is 5.10 Å². The summed E-state index contributed by atoms with van der Waals surface area (Å²) in [7, 11) is 0. The van der Waals surface area contributed by atoms with E-state index in [1.54, 1.807) is 29.1 Å². The average Bonchev–Trinajstić information content (AvgIpc) is 2.87. The lowest BCUT2D eigenvalue weighted by molar-refractivity contribution is 0.714. The van der Waals surface area contributed by atoms with Crippen molar-refractivity contribution < 1.29 is 0 Å². The minimum atomic E-state index is -0.0671. The highest BCUT2D eigenvalue weighted by molar-refractivity contribution is 6.30. The van der Waals surface area contributed by atoms with E-state index in [1.807, 2.05) is 0 Å². The zero-order valence-electron chi connectivity index (χ0n) is 8.56. The van der Waals surface area contributed by atoms with Crippen LogP contribution in [0.4, 0.5) is 0 Å². The molecule has 3 rings (SSSR count). The van der Waals surface area contributed by atoms with Gasteiger partial charge in [-0.1, -0.05) is 11.6 Å². The quantitative estimate of drug-likeness (QED) is 0.751. The highest BCUT2D eigenvalue weighted by atomic mass is 35.5. The van der Waals surface area contributed by atoms with E-state index >= 15 is 0 Å². The molecule has 16 heavy (non-hydrogen) atoms. The maximum absolute atomic E-state index is 10.8. The van der Waals surface area contributed by atoms with Crippen LogP contribution in [-0.2, 0) is 13.0 Å². The van der Waals surface area contributed by atoms with Gasteiger partial charge in [0, 0.05) is 25.4 Å². The van der Waals surface area contributed by atoms with Crippen molar-refractivity contribution >= 4 is 11.6 Å². The summed E-state index contributed by atoms with van der Waals surface area (Å²) in [6, 6.07) is 3.58. The Labute approximate surface area is 97.1 Å². The third kappa shape index (κ3) is 2.49. The van der Waals surface area contributed by atoms with Crippen molar-refractivity contribution in [1.82, 2.24) is 19.7 Å². The molecule has 0 amide bonds. The lowest BCUT2D eigenvalue weighted by Crippen LogP contribution is -2.14. The zero-order chi connectivity index (χ0) is 11.4. The Balaban J connectivity index is 0.000000125. The van der Waals surface area contributed by atoms with Gasteiger partial charge in [0.15, 0.2) is 0 Å². The number of hydrogen-bond acceptors (Lipinski definition) is 3. The van der Waals surface area contributed by atoms with Crippen molar-refractivity contribution in [3.63, 3.8) is 0 Å². The molecule has 84 valence electrons. The zero-order valence-corrected chi connectivity index (χ0v) is 9.31. The molecule has 3 heterocycles. The first-order valence-electron chi connectivity index (χ1n) is 4.97. The number of aromatic amines is 1. The number of hydrogen-bond donors (Lipinski definition) is 1. The van der Waals surface area contributed by atoms with Crippen LogP contribution in [-0.4, -0.2) is 19.7 Å². The molecule has 0 spiro atoms. The number of halogens is 1. The summed E-state index contributed by atoms with van der Waals surface area (Å²) in [6.45, 7) is 0.838. The first kappa shape index (κ1) is 10.9. The molecule has 0 saturated carbocycles. The predicted molar refractivity (Wildman–Crippen MR) is 60.4 cm³/mol. The highest BCUT2D eigenvalue weighted by Crippen LogP contribution is 2.05. The molecule has 1 aliphatic rings. The lowest BCUT2D eigenvalue weighted by atomic mass is 10.4. The third-order valence-corrected chi connectivity index (χ3v) is 2.47. The van der Waals surface area contributed by atoms with E-state index in [1.165, 1.54) is 0 Å². The molecule has 0 aromatic carbocycles. The molecular formula is C10H11ClN4O. The molecule has 0 bridgehead atoms. The number of nitrogens with zero attached hydrogens (tertiary/aromatic N) is 3. The van der Waals surface area contributed by atoms with E-state index in [0.29, 0.717) is 5.02 Å². The maximum Gasteiger partial charge on any atom is 0.343 e. The summed E-state index contributed by atoms with van der Waals surface area (Å²) >= 11 is 5.48. The number of aromatic nitrogens is 4. The smallest absolute Gasteiger partial charge is 0.279 e. The fourth-order valence-electron chi connectivity index (χ4n) is 1.51. The van der Waals surface area contributed by atoms with Crippen molar-refractivity contribution in [1.29, 1.82) is 0 Å². The second-order valence-electron chi connectivity index (χ2n) is 3.37. The minimum Gasteiger partial charge on any atom is -0.279 e. The summed E-state index contributed by atoms with van der Waals surface area (Å²) in [5, 5.41) is 6.90. The van der Waals surface area contributed by atoms with Gasteiger partial charge in [-0.15, -0.1) is 0 Å². The van der Waals surface area contributed by atoms with Gasteiger partial charge in [0.25, 0.3) is 0 Å². The van der Waals surface area contributed by atoms with Crippen LogP contribution in [0.5, 0.6) is 0 Å². The molecule has 0 unspecified atom stereocenters. The van der Waals surface area contributed by atoms with Crippen molar-refractivity contribution in [2.45, 2.75) is 19.4 Å². The predicted octanol–water partition coefficient (Wildman–Crippen LogP) is 1.25. The van der Waals surface area contributed by atoms with Gasteiger partial charge in [-0.3, -0.25) is 9.55 Å². The van der Waals surface area contributed by atoms with Crippen LogP contribution < -0.4 is 5.69 Å². The highest BCUT2D eigenvalue weighted by Gasteiger charge is 2.13. The van der Waals surface area contributed by atoms with Crippen LogP contribution in [0.1, 0.15) is 12.2 Å². The van der Waals surface area contributed by atoms with Gasteiger partial charge in [0.05, 0.1) is 5.02 Å². The van der Waals surface area contributed by atoms with Crippen LogP contribution in [0, 0.1) is 0 Å². The molecule has 0 radical (unpaired) electrons. The molecule has 0 atom stereocenters. The topological polar surface area (TPSA) is 63.6 Å².